The maximum atomic E-state index is 12.3. The molecule has 1 amide bonds. The molecule has 164 valence electrons. The molecule has 31 heavy (non-hydrogen) atoms. The smallest absolute Gasteiger partial charge is 0.388 e. The number of nitrogens with one attached hydrogen (secondary N) is 1. The lowest BCUT2D eigenvalue weighted by Crippen LogP contribution is -2.17. The van der Waals surface area contributed by atoms with Crippen LogP contribution in [0.15, 0.2) is 47.8 Å². The number of pyridine rings is 1. The molecule has 0 fully saturated rings. The topological polar surface area (TPSA) is 81.9 Å². The van der Waals surface area contributed by atoms with E-state index in [9.17, 15) is 18.0 Å². The number of aromatic nitrogens is 4. The molecule has 2 aromatic heterocycles. The number of alkyl halides is 3. The number of hydrogen-bond donors (Lipinski definition) is 1. The summed E-state index contributed by atoms with van der Waals surface area (Å²) in [5.41, 5.74) is 2.38. The Morgan fingerprint density at radius 2 is 1.87 bits per heavy atom. The number of amides is 1. The van der Waals surface area contributed by atoms with Gasteiger partial charge in [-0.25, -0.2) is 4.98 Å². The lowest BCUT2D eigenvalue weighted by Gasteiger charge is -2.09. The summed E-state index contributed by atoms with van der Waals surface area (Å²) in [7, 11) is 0. The van der Waals surface area contributed by atoms with Crippen molar-refractivity contribution >= 4 is 23.4 Å². The molecule has 0 bridgehead atoms. The van der Waals surface area contributed by atoms with Gasteiger partial charge in [0, 0.05) is 30.1 Å². The van der Waals surface area contributed by atoms with Gasteiger partial charge in [0.05, 0.1) is 5.75 Å². The lowest BCUT2D eigenvalue weighted by atomic mass is 10.1. The van der Waals surface area contributed by atoms with Gasteiger partial charge in [0.25, 0.3) is 0 Å². The molecule has 3 aromatic rings. The fourth-order valence-corrected chi connectivity index (χ4v) is 3.54. The summed E-state index contributed by atoms with van der Waals surface area (Å²) in [6.45, 7) is 4.44. The van der Waals surface area contributed by atoms with Gasteiger partial charge in [0.15, 0.2) is 11.0 Å². The Bertz CT molecular complexity index is 1020. The second-order valence-corrected chi connectivity index (χ2v) is 7.31. The first kappa shape index (κ1) is 22.6. The number of nitrogens with zero attached hydrogens (tertiary/aromatic N) is 4. The van der Waals surface area contributed by atoms with Crippen LogP contribution < -0.4 is 10.1 Å². The van der Waals surface area contributed by atoms with E-state index in [1.165, 1.54) is 29.6 Å². The Kier molecular flexibility index (Phi) is 7.16. The first-order valence-electron chi connectivity index (χ1n) is 9.46. The van der Waals surface area contributed by atoms with Crippen LogP contribution in [0.3, 0.4) is 0 Å². The van der Waals surface area contributed by atoms with E-state index in [0.29, 0.717) is 28.8 Å². The van der Waals surface area contributed by atoms with Gasteiger partial charge in [0.1, 0.15) is 0 Å². The van der Waals surface area contributed by atoms with Crippen LogP contribution in [0.5, 0.6) is 5.88 Å². The van der Waals surface area contributed by atoms with Crippen molar-refractivity contribution in [2.24, 2.45) is 0 Å². The van der Waals surface area contributed by atoms with Crippen LogP contribution in [0.4, 0.5) is 18.9 Å². The van der Waals surface area contributed by atoms with Crippen LogP contribution in [-0.2, 0) is 17.8 Å². The minimum atomic E-state index is -4.81. The molecule has 0 atom stereocenters. The van der Waals surface area contributed by atoms with Crippen LogP contribution in [-0.4, -0.2) is 37.8 Å². The summed E-state index contributed by atoms with van der Waals surface area (Å²) in [6.07, 6.45) is -2.65. The second kappa shape index (κ2) is 9.82. The first-order valence-corrected chi connectivity index (χ1v) is 10.4. The fourth-order valence-electron chi connectivity index (χ4n) is 2.74. The van der Waals surface area contributed by atoms with E-state index in [-0.39, 0.29) is 11.7 Å². The second-order valence-electron chi connectivity index (χ2n) is 6.37. The number of benzene rings is 1. The number of aryl methyl sites for hydroxylation is 1. The molecular weight excluding hydrogens is 431 g/mol. The Labute approximate surface area is 181 Å². The van der Waals surface area contributed by atoms with Gasteiger partial charge in [-0.3, -0.25) is 4.79 Å². The average Bonchev–Trinajstić information content (AvgIpc) is 3.15. The summed E-state index contributed by atoms with van der Waals surface area (Å²) in [5, 5.41) is 11.6. The maximum Gasteiger partial charge on any atom is 0.574 e. The predicted molar refractivity (Wildman–Crippen MR) is 111 cm³/mol. The normalized spacial score (nSPS) is 11.4. The Hall–Kier alpha value is -3.08. The van der Waals surface area contributed by atoms with Crippen LogP contribution in [0.25, 0.3) is 11.4 Å². The zero-order valence-electron chi connectivity index (χ0n) is 16.8. The van der Waals surface area contributed by atoms with Crippen LogP contribution in [0.2, 0.25) is 0 Å². The predicted octanol–water partition coefficient (Wildman–Crippen LogP) is 4.55. The van der Waals surface area contributed by atoms with Gasteiger partial charge in [-0.1, -0.05) is 30.8 Å². The largest absolute Gasteiger partial charge is 0.574 e. The molecule has 0 unspecified atom stereocenters. The number of halogens is 3. The molecule has 7 nitrogen and oxygen atoms in total. The van der Waals surface area contributed by atoms with E-state index in [0.717, 1.165) is 12.5 Å². The summed E-state index contributed by atoms with van der Waals surface area (Å²) < 4.78 is 42.4. The van der Waals surface area contributed by atoms with Gasteiger partial charge in [-0.05, 0) is 37.1 Å². The quantitative estimate of drug-likeness (QED) is 0.506. The van der Waals surface area contributed by atoms with Crippen molar-refractivity contribution in [1.82, 2.24) is 19.7 Å². The Morgan fingerprint density at radius 3 is 2.45 bits per heavy atom. The summed E-state index contributed by atoms with van der Waals surface area (Å²) >= 11 is 1.22. The van der Waals surface area contributed by atoms with Crippen molar-refractivity contribution in [2.75, 3.05) is 11.1 Å². The molecule has 11 heteroatoms. The van der Waals surface area contributed by atoms with E-state index in [2.05, 4.69) is 32.2 Å². The number of ether oxygens (including phenoxy) is 1. The zero-order valence-corrected chi connectivity index (χ0v) is 17.6. The van der Waals surface area contributed by atoms with E-state index < -0.39 is 12.2 Å². The minimum absolute atomic E-state index is 0.129. The molecule has 0 spiro atoms. The van der Waals surface area contributed by atoms with Gasteiger partial charge in [-0.15, -0.1) is 23.4 Å². The summed E-state index contributed by atoms with van der Waals surface area (Å²) in [4.78, 5) is 15.9. The molecule has 0 saturated heterocycles. The van der Waals surface area contributed by atoms with Crippen molar-refractivity contribution in [2.45, 2.75) is 38.3 Å². The molecule has 1 N–H and O–H groups in total. The standard InChI is InChI=1S/C20H20F3N5O2S/c1-3-13-5-8-15(9-6-13)25-16(29)12-31-19-27-26-18(28(19)4-2)14-7-10-17(24-11-14)30-20(21,22)23/h5-11H,3-4,12H2,1-2H3,(H,25,29). The van der Waals surface area contributed by atoms with Crippen molar-refractivity contribution in [3.05, 3.63) is 48.2 Å². The summed E-state index contributed by atoms with van der Waals surface area (Å²) in [6, 6.07) is 10.2. The first-order chi connectivity index (χ1) is 14.8. The molecule has 1 aromatic carbocycles. The zero-order chi connectivity index (χ0) is 22.4. The van der Waals surface area contributed by atoms with E-state index >= 15 is 0 Å². The van der Waals surface area contributed by atoms with Crippen molar-refractivity contribution in [3.63, 3.8) is 0 Å². The van der Waals surface area contributed by atoms with E-state index in [1.54, 1.807) is 4.57 Å². The number of carbonyl (C=O) groups excluding carboxylic acids is 1. The fraction of sp³-hybridized carbons (Fsp3) is 0.300. The molecule has 0 aliphatic carbocycles. The highest BCUT2D eigenvalue weighted by Crippen LogP contribution is 2.26. The number of hydrogen-bond acceptors (Lipinski definition) is 6. The minimum Gasteiger partial charge on any atom is -0.388 e. The number of anilines is 1. The van der Waals surface area contributed by atoms with E-state index in [4.69, 9.17) is 0 Å². The third-order valence-corrected chi connectivity index (χ3v) is 5.19. The highest BCUT2D eigenvalue weighted by molar-refractivity contribution is 7.99. The number of rotatable bonds is 8. The van der Waals surface area contributed by atoms with Crippen LogP contribution >= 0.6 is 11.8 Å². The lowest BCUT2D eigenvalue weighted by molar-refractivity contribution is -0.276. The van der Waals surface area contributed by atoms with Crippen LogP contribution in [0.1, 0.15) is 19.4 Å². The van der Waals surface area contributed by atoms with Gasteiger partial charge in [0.2, 0.25) is 11.8 Å². The molecule has 0 aliphatic heterocycles. The van der Waals surface area contributed by atoms with Crippen molar-refractivity contribution in [1.29, 1.82) is 0 Å². The van der Waals surface area contributed by atoms with Gasteiger partial charge >= 0.3 is 6.36 Å². The molecular formula is C20H20F3N5O2S. The molecule has 3 rings (SSSR count). The molecule has 0 saturated carbocycles. The highest BCUT2D eigenvalue weighted by atomic mass is 32.2. The highest BCUT2D eigenvalue weighted by Gasteiger charge is 2.31. The Balaban J connectivity index is 1.64. The SMILES string of the molecule is CCc1ccc(NC(=O)CSc2nnc(-c3ccc(OC(F)(F)F)nc3)n2CC)cc1. The molecule has 0 aliphatic rings. The van der Waals surface area contributed by atoms with Crippen LogP contribution in [0, 0.1) is 0 Å². The van der Waals surface area contributed by atoms with Gasteiger partial charge in [-0.2, -0.15) is 0 Å². The third kappa shape index (κ3) is 6.20. The van der Waals surface area contributed by atoms with Crippen molar-refractivity contribution in [3.8, 4) is 17.3 Å². The summed E-state index contributed by atoms with van der Waals surface area (Å²) in [5.74, 6) is -0.176. The maximum absolute atomic E-state index is 12.3. The number of thioether (sulfide) groups is 1. The van der Waals surface area contributed by atoms with E-state index in [1.807, 2.05) is 31.2 Å². The monoisotopic (exact) mass is 451 g/mol. The van der Waals surface area contributed by atoms with Gasteiger partial charge < -0.3 is 14.6 Å². The third-order valence-electron chi connectivity index (χ3n) is 4.23. The van der Waals surface area contributed by atoms with Crippen molar-refractivity contribution < 1.29 is 22.7 Å². The number of carbonyl (C=O) groups is 1. The molecule has 0 radical (unpaired) electrons. The average molecular weight is 451 g/mol. The Morgan fingerprint density at radius 1 is 1.13 bits per heavy atom. The molecule has 2 heterocycles.